The van der Waals surface area contributed by atoms with E-state index in [0.29, 0.717) is 5.92 Å². The summed E-state index contributed by atoms with van der Waals surface area (Å²) in [6.45, 7) is 0.963. The van der Waals surface area contributed by atoms with Crippen molar-refractivity contribution in [3.8, 4) is 0 Å². The zero-order chi connectivity index (χ0) is 10.1. The van der Waals surface area contributed by atoms with Gasteiger partial charge in [0.1, 0.15) is 0 Å². The summed E-state index contributed by atoms with van der Waals surface area (Å²) in [5.74, 6) is 1.51. The number of aromatic amines is 1. The van der Waals surface area contributed by atoms with Crippen molar-refractivity contribution in [2.24, 2.45) is 0 Å². The zero-order valence-corrected chi connectivity index (χ0v) is 8.40. The van der Waals surface area contributed by atoms with Crippen molar-refractivity contribution in [3.63, 3.8) is 0 Å². The van der Waals surface area contributed by atoms with Crippen molar-refractivity contribution in [1.82, 2.24) is 9.97 Å². The molecular formula is C12H13N3. The van der Waals surface area contributed by atoms with E-state index in [9.17, 15) is 0 Å². The van der Waals surface area contributed by atoms with Gasteiger partial charge in [0.05, 0.1) is 0 Å². The molecule has 3 rings (SSSR count). The fourth-order valence-corrected chi connectivity index (χ4v) is 2.13. The molecule has 0 saturated carbocycles. The maximum atomic E-state index is 4.14. The monoisotopic (exact) mass is 199 g/mol. The molecule has 1 heterocycles. The van der Waals surface area contributed by atoms with Gasteiger partial charge in [-0.15, -0.1) is 0 Å². The Morgan fingerprint density at radius 1 is 1.40 bits per heavy atom. The highest BCUT2D eigenvalue weighted by molar-refractivity contribution is 5.41. The minimum absolute atomic E-state index is 0.645. The van der Waals surface area contributed by atoms with Crippen molar-refractivity contribution in [3.05, 3.63) is 47.8 Å². The van der Waals surface area contributed by atoms with Crippen LogP contribution in [0.3, 0.4) is 0 Å². The van der Waals surface area contributed by atoms with Crippen LogP contribution in [0.1, 0.15) is 17.0 Å². The molecule has 2 aromatic rings. The second-order valence-corrected chi connectivity index (χ2v) is 3.92. The lowest BCUT2D eigenvalue weighted by Crippen LogP contribution is -2.24. The molecule has 0 spiro atoms. The highest BCUT2D eigenvalue weighted by atomic mass is 15.1. The molecule has 3 heteroatoms. The molecule has 3 nitrogen and oxygen atoms in total. The highest BCUT2D eigenvalue weighted by Gasteiger charge is 2.24. The molecule has 0 aliphatic heterocycles. The van der Waals surface area contributed by atoms with Crippen molar-refractivity contribution in [2.75, 3.05) is 11.9 Å². The summed E-state index contributed by atoms with van der Waals surface area (Å²) in [4.78, 5) is 7.18. The van der Waals surface area contributed by atoms with Gasteiger partial charge in [0.2, 0.25) is 0 Å². The van der Waals surface area contributed by atoms with Crippen LogP contribution in [0.2, 0.25) is 0 Å². The number of fused-ring (bicyclic) bond motifs is 1. The number of anilines is 1. The number of imidazole rings is 1. The fourth-order valence-electron chi connectivity index (χ4n) is 2.13. The number of aromatic nitrogens is 2. The minimum atomic E-state index is 0.645. The molecule has 76 valence electrons. The number of nitrogens with zero attached hydrogens (tertiary/aromatic N) is 1. The lowest BCUT2D eigenvalue weighted by molar-refractivity contribution is 0.634. The number of H-pyrrole nitrogens is 1. The molecule has 1 aromatic heterocycles. The molecule has 0 saturated heterocycles. The van der Waals surface area contributed by atoms with Gasteiger partial charge in [-0.25, -0.2) is 4.98 Å². The molecule has 1 aliphatic rings. The summed E-state index contributed by atoms with van der Waals surface area (Å²) in [5, 5.41) is 3.30. The van der Waals surface area contributed by atoms with Gasteiger partial charge in [-0.1, -0.05) is 24.3 Å². The van der Waals surface area contributed by atoms with Gasteiger partial charge in [-0.2, -0.15) is 0 Å². The highest BCUT2D eigenvalue weighted by Crippen LogP contribution is 2.34. The Hall–Kier alpha value is -1.77. The number of hydrogen-bond donors (Lipinski definition) is 2. The zero-order valence-electron chi connectivity index (χ0n) is 8.40. The third-order valence-electron chi connectivity index (χ3n) is 2.98. The summed E-state index contributed by atoms with van der Waals surface area (Å²) in [6.07, 6.45) is 4.78. The van der Waals surface area contributed by atoms with Crippen molar-refractivity contribution >= 4 is 5.95 Å². The Morgan fingerprint density at radius 2 is 2.33 bits per heavy atom. The average Bonchev–Trinajstić information content (AvgIpc) is 2.72. The van der Waals surface area contributed by atoms with Gasteiger partial charge < -0.3 is 10.3 Å². The normalized spacial score (nSPS) is 18.0. The Kier molecular flexibility index (Phi) is 1.95. The van der Waals surface area contributed by atoms with Crippen molar-refractivity contribution < 1.29 is 0 Å². The SMILES string of the molecule is c1ccc2c(c1)CC2CNc1ncc[nH]1. The average molecular weight is 199 g/mol. The van der Waals surface area contributed by atoms with Crippen LogP contribution in [-0.4, -0.2) is 16.5 Å². The fraction of sp³-hybridized carbons (Fsp3) is 0.250. The quantitative estimate of drug-likeness (QED) is 0.795. The molecule has 2 N–H and O–H groups in total. The van der Waals surface area contributed by atoms with Crippen molar-refractivity contribution in [2.45, 2.75) is 12.3 Å². The van der Waals surface area contributed by atoms with Gasteiger partial charge in [-0.3, -0.25) is 0 Å². The third kappa shape index (κ3) is 1.50. The minimum Gasteiger partial charge on any atom is -0.355 e. The molecule has 1 aromatic carbocycles. The first-order valence-electron chi connectivity index (χ1n) is 5.24. The number of benzene rings is 1. The predicted molar refractivity (Wildman–Crippen MR) is 60.0 cm³/mol. The molecule has 1 aliphatic carbocycles. The van der Waals surface area contributed by atoms with Crippen LogP contribution < -0.4 is 5.32 Å². The van der Waals surface area contributed by atoms with E-state index in [-0.39, 0.29) is 0 Å². The maximum absolute atomic E-state index is 4.14. The first-order valence-corrected chi connectivity index (χ1v) is 5.24. The first kappa shape index (κ1) is 8.53. The largest absolute Gasteiger partial charge is 0.355 e. The molecule has 0 amide bonds. The molecular weight excluding hydrogens is 186 g/mol. The summed E-state index contributed by atoms with van der Waals surface area (Å²) in [7, 11) is 0. The van der Waals surface area contributed by atoms with E-state index >= 15 is 0 Å². The van der Waals surface area contributed by atoms with Crippen LogP contribution in [0.5, 0.6) is 0 Å². The summed E-state index contributed by atoms with van der Waals surface area (Å²) in [5.41, 5.74) is 2.97. The molecule has 0 bridgehead atoms. The van der Waals surface area contributed by atoms with Gasteiger partial charge >= 0.3 is 0 Å². The molecule has 15 heavy (non-hydrogen) atoms. The lowest BCUT2D eigenvalue weighted by atomic mass is 9.78. The number of rotatable bonds is 3. The first-order chi connectivity index (χ1) is 7.43. The Bertz CT molecular complexity index is 448. The Balaban J connectivity index is 1.64. The Morgan fingerprint density at radius 3 is 3.13 bits per heavy atom. The second kappa shape index (κ2) is 3.42. The number of hydrogen-bond acceptors (Lipinski definition) is 2. The summed E-state index contributed by atoms with van der Waals surface area (Å²) in [6, 6.07) is 8.64. The van der Waals surface area contributed by atoms with Crippen molar-refractivity contribution in [1.29, 1.82) is 0 Å². The van der Waals surface area contributed by atoms with Crippen LogP contribution in [-0.2, 0) is 6.42 Å². The summed E-state index contributed by atoms with van der Waals surface area (Å²) < 4.78 is 0. The molecule has 0 radical (unpaired) electrons. The van der Waals surface area contributed by atoms with Crippen LogP contribution in [0.4, 0.5) is 5.95 Å². The summed E-state index contributed by atoms with van der Waals surface area (Å²) >= 11 is 0. The van der Waals surface area contributed by atoms with Gasteiger partial charge in [-0.05, 0) is 17.5 Å². The lowest BCUT2D eigenvalue weighted by Gasteiger charge is -2.30. The van der Waals surface area contributed by atoms with E-state index in [0.717, 1.165) is 12.5 Å². The van der Waals surface area contributed by atoms with E-state index in [1.165, 1.54) is 17.5 Å². The van der Waals surface area contributed by atoms with E-state index in [1.807, 2.05) is 6.20 Å². The molecule has 1 atom stereocenters. The van der Waals surface area contributed by atoms with Crippen LogP contribution in [0.25, 0.3) is 0 Å². The van der Waals surface area contributed by atoms with E-state index in [4.69, 9.17) is 0 Å². The van der Waals surface area contributed by atoms with Crippen LogP contribution in [0.15, 0.2) is 36.7 Å². The van der Waals surface area contributed by atoms with Gasteiger partial charge in [0.15, 0.2) is 5.95 Å². The van der Waals surface area contributed by atoms with Crippen LogP contribution in [0, 0.1) is 0 Å². The van der Waals surface area contributed by atoms with E-state index in [1.54, 1.807) is 6.20 Å². The van der Waals surface area contributed by atoms with Crippen LogP contribution >= 0.6 is 0 Å². The standard InChI is InChI=1S/C12H13N3/c1-2-4-11-9(3-1)7-10(11)8-15-12-13-5-6-14-12/h1-6,10H,7-8H2,(H2,13,14,15). The maximum Gasteiger partial charge on any atom is 0.200 e. The Labute approximate surface area is 88.6 Å². The van der Waals surface area contributed by atoms with Gasteiger partial charge in [0, 0.05) is 24.9 Å². The van der Waals surface area contributed by atoms with E-state index < -0.39 is 0 Å². The smallest absolute Gasteiger partial charge is 0.200 e. The molecule has 0 fully saturated rings. The number of nitrogens with one attached hydrogen (secondary N) is 2. The van der Waals surface area contributed by atoms with E-state index in [2.05, 4.69) is 39.6 Å². The second-order valence-electron chi connectivity index (χ2n) is 3.92. The predicted octanol–water partition coefficient (Wildman–Crippen LogP) is 2.16. The third-order valence-corrected chi connectivity index (χ3v) is 2.98. The van der Waals surface area contributed by atoms with Gasteiger partial charge in [0.25, 0.3) is 0 Å². The topological polar surface area (TPSA) is 40.7 Å². The molecule has 1 unspecified atom stereocenters.